The van der Waals surface area contributed by atoms with Gasteiger partial charge >= 0.3 is 0 Å². The van der Waals surface area contributed by atoms with Gasteiger partial charge in [-0.2, -0.15) is 4.31 Å². The van der Waals surface area contributed by atoms with E-state index in [2.05, 4.69) is 19.2 Å². The zero-order valence-electron chi connectivity index (χ0n) is 13.2. The maximum Gasteiger partial charge on any atom is 0.243 e. The Bertz CT molecular complexity index is 584. The minimum atomic E-state index is -3.39. The van der Waals surface area contributed by atoms with E-state index in [1.807, 2.05) is 19.1 Å². The molecule has 1 unspecified atom stereocenters. The largest absolute Gasteiger partial charge is 0.312 e. The van der Waals surface area contributed by atoms with Crippen LogP contribution in [0.1, 0.15) is 38.3 Å². The van der Waals surface area contributed by atoms with Gasteiger partial charge in [0, 0.05) is 19.6 Å². The third-order valence-corrected chi connectivity index (χ3v) is 6.31. The summed E-state index contributed by atoms with van der Waals surface area (Å²) in [4.78, 5) is 0.506. The first-order chi connectivity index (χ1) is 10.0. The molecule has 0 saturated carbocycles. The first-order valence-corrected chi connectivity index (χ1v) is 9.26. The summed E-state index contributed by atoms with van der Waals surface area (Å²) in [5, 5.41) is 3.30. The summed E-state index contributed by atoms with van der Waals surface area (Å²) in [6.07, 6.45) is 1.77. The van der Waals surface area contributed by atoms with Gasteiger partial charge in [0.15, 0.2) is 0 Å². The normalized spacial score (nSPS) is 16.8. The number of benzene rings is 1. The van der Waals surface area contributed by atoms with E-state index in [0.717, 1.165) is 37.1 Å². The molecule has 1 aromatic carbocycles. The zero-order chi connectivity index (χ0) is 15.5. The van der Waals surface area contributed by atoms with Gasteiger partial charge in [0.05, 0.1) is 4.90 Å². The van der Waals surface area contributed by atoms with E-state index < -0.39 is 10.0 Å². The molecule has 0 saturated heterocycles. The van der Waals surface area contributed by atoms with Gasteiger partial charge in [-0.1, -0.05) is 39.3 Å². The Hall–Kier alpha value is -0.910. The van der Waals surface area contributed by atoms with Crippen LogP contribution in [0.5, 0.6) is 0 Å². The van der Waals surface area contributed by atoms with Crippen LogP contribution in [-0.4, -0.2) is 32.4 Å². The van der Waals surface area contributed by atoms with Crippen LogP contribution < -0.4 is 5.32 Å². The van der Waals surface area contributed by atoms with Crippen molar-refractivity contribution in [2.75, 3.05) is 19.6 Å². The first-order valence-electron chi connectivity index (χ1n) is 7.82. The summed E-state index contributed by atoms with van der Waals surface area (Å²) in [5.74, 6) is 0.376. The second-order valence-electron chi connectivity index (χ2n) is 5.79. The highest BCUT2D eigenvalue weighted by Crippen LogP contribution is 2.26. The van der Waals surface area contributed by atoms with Gasteiger partial charge in [0.1, 0.15) is 0 Å². The summed E-state index contributed by atoms with van der Waals surface area (Å²) < 4.78 is 27.6. The van der Waals surface area contributed by atoms with Crippen molar-refractivity contribution in [3.8, 4) is 0 Å². The molecule has 0 spiro atoms. The summed E-state index contributed by atoms with van der Waals surface area (Å²) >= 11 is 0. The lowest BCUT2D eigenvalue weighted by atomic mass is 10.0. The lowest BCUT2D eigenvalue weighted by Crippen LogP contribution is -2.36. The van der Waals surface area contributed by atoms with E-state index in [1.165, 1.54) is 0 Å². The number of sulfonamides is 1. The molecule has 1 aliphatic rings. The number of nitrogens with zero attached hydrogens (tertiary/aromatic N) is 1. The molecule has 1 atom stereocenters. The Morgan fingerprint density at radius 3 is 2.76 bits per heavy atom. The molecule has 0 fully saturated rings. The SMILES string of the molecule is CCC(C)CN(CC)S(=O)(=O)c1cccc2c1CCNC2. The number of fused-ring (bicyclic) bond motifs is 1. The van der Waals surface area contributed by atoms with E-state index in [1.54, 1.807) is 10.4 Å². The first kappa shape index (κ1) is 16.5. The second-order valence-corrected chi connectivity index (χ2v) is 7.70. The van der Waals surface area contributed by atoms with Crippen LogP contribution in [0.25, 0.3) is 0 Å². The van der Waals surface area contributed by atoms with Crippen molar-refractivity contribution >= 4 is 10.0 Å². The molecule has 1 aromatic rings. The van der Waals surface area contributed by atoms with Crippen LogP contribution in [0.2, 0.25) is 0 Å². The Labute approximate surface area is 128 Å². The Morgan fingerprint density at radius 1 is 1.33 bits per heavy atom. The van der Waals surface area contributed by atoms with E-state index >= 15 is 0 Å². The lowest BCUT2D eigenvalue weighted by molar-refractivity contribution is 0.361. The predicted molar refractivity (Wildman–Crippen MR) is 85.7 cm³/mol. The molecule has 0 aromatic heterocycles. The highest BCUT2D eigenvalue weighted by atomic mass is 32.2. The summed E-state index contributed by atoms with van der Waals surface area (Å²) in [6, 6.07) is 5.64. The zero-order valence-corrected chi connectivity index (χ0v) is 14.0. The van der Waals surface area contributed by atoms with Crippen molar-refractivity contribution in [3.05, 3.63) is 29.3 Å². The van der Waals surface area contributed by atoms with Crippen LogP contribution in [0.15, 0.2) is 23.1 Å². The molecule has 1 N–H and O–H groups in total. The van der Waals surface area contributed by atoms with Crippen LogP contribution in [0, 0.1) is 5.92 Å². The topological polar surface area (TPSA) is 49.4 Å². The van der Waals surface area contributed by atoms with Crippen molar-refractivity contribution in [1.82, 2.24) is 9.62 Å². The molecule has 1 aliphatic heterocycles. The third kappa shape index (κ3) is 3.47. The maximum atomic E-state index is 13.0. The highest BCUT2D eigenvalue weighted by molar-refractivity contribution is 7.89. The maximum absolute atomic E-state index is 13.0. The predicted octanol–water partition coefficient (Wildman–Crippen LogP) is 2.39. The molecule has 2 rings (SSSR count). The number of hydrogen-bond acceptors (Lipinski definition) is 3. The Kier molecular flexibility index (Phi) is 5.41. The van der Waals surface area contributed by atoms with Crippen LogP contribution in [-0.2, 0) is 23.0 Å². The average molecular weight is 310 g/mol. The summed E-state index contributed by atoms with van der Waals surface area (Å²) in [6.45, 7) is 8.83. The third-order valence-electron chi connectivity index (χ3n) is 4.28. The van der Waals surface area contributed by atoms with Crippen molar-refractivity contribution in [3.63, 3.8) is 0 Å². The van der Waals surface area contributed by atoms with Gasteiger partial charge in [0.2, 0.25) is 10.0 Å². The van der Waals surface area contributed by atoms with Crippen LogP contribution in [0.3, 0.4) is 0 Å². The fourth-order valence-corrected chi connectivity index (χ4v) is 4.62. The number of nitrogens with one attached hydrogen (secondary N) is 1. The molecule has 4 nitrogen and oxygen atoms in total. The minimum Gasteiger partial charge on any atom is -0.312 e. The smallest absolute Gasteiger partial charge is 0.243 e. The van der Waals surface area contributed by atoms with Crippen LogP contribution >= 0.6 is 0 Å². The lowest BCUT2D eigenvalue weighted by Gasteiger charge is -2.26. The van der Waals surface area contributed by atoms with Gasteiger partial charge in [-0.25, -0.2) is 8.42 Å². The molecular formula is C16H26N2O2S. The fraction of sp³-hybridized carbons (Fsp3) is 0.625. The molecule has 5 heteroatoms. The molecule has 21 heavy (non-hydrogen) atoms. The van der Waals surface area contributed by atoms with Crippen LogP contribution in [0.4, 0.5) is 0 Å². The molecule has 0 aliphatic carbocycles. The molecule has 0 radical (unpaired) electrons. The quantitative estimate of drug-likeness (QED) is 0.878. The second kappa shape index (κ2) is 6.90. The molecular weight excluding hydrogens is 284 g/mol. The summed E-state index contributed by atoms with van der Waals surface area (Å²) in [5.41, 5.74) is 2.11. The minimum absolute atomic E-state index is 0.376. The van der Waals surface area contributed by atoms with Crippen molar-refractivity contribution in [1.29, 1.82) is 0 Å². The van der Waals surface area contributed by atoms with Crippen molar-refractivity contribution < 1.29 is 8.42 Å². The summed E-state index contributed by atoms with van der Waals surface area (Å²) in [7, 11) is -3.39. The van der Waals surface area contributed by atoms with Gasteiger partial charge in [-0.3, -0.25) is 0 Å². The number of rotatable bonds is 6. The number of hydrogen-bond donors (Lipinski definition) is 1. The van der Waals surface area contributed by atoms with Gasteiger partial charge < -0.3 is 5.32 Å². The van der Waals surface area contributed by atoms with E-state index in [4.69, 9.17) is 0 Å². The van der Waals surface area contributed by atoms with Gasteiger partial charge in [-0.15, -0.1) is 0 Å². The fourth-order valence-electron chi connectivity index (χ4n) is 2.75. The van der Waals surface area contributed by atoms with E-state index in [-0.39, 0.29) is 0 Å². The Morgan fingerprint density at radius 2 is 2.10 bits per heavy atom. The molecule has 1 heterocycles. The molecule has 0 amide bonds. The monoisotopic (exact) mass is 310 g/mol. The van der Waals surface area contributed by atoms with Crippen molar-refractivity contribution in [2.24, 2.45) is 5.92 Å². The van der Waals surface area contributed by atoms with Gasteiger partial charge in [0.25, 0.3) is 0 Å². The Balaban J connectivity index is 2.38. The molecule has 118 valence electrons. The van der Waals surface area contributed by atoms with Crippen molar-refractivity contribution in [2.45, 2.75) is 45.1 Å². The molecule has 0 bridgehead atoms. The standard InChI is InChI=1S/C16H26N2O2S/c1-4-13(3)12-18(5-2)21(19,20)16-8-6-7-14-11-17-10-9-15(14)16/h6-8,13,17H,4-5,9-12H2,1-3H3. The average Bonchev–Trinajstić information content (AvgIpc) is 2.51. The highest BCUT2D eigenvalue weighted by Gasteiger charge is 2.28. The van der Waals surface area contributed by atoms with Gasteiger partial charge in [-0.05, 0) is 36.1 Å². The van der Waals surface area contributed by atoms with E-state index in [0.29, 0.717) is 23.9 Å². The van der Waals surface area contributed by atoms with E-state index in [9.17, 15) is 8.42 Å².